The lowest BCUT2D eigenvalue weighted by molar-refractivity contribution is -0.121. The Bertz CT molecular complexity index is 747. The first kappa shape index (κ1) is 19.1. The molecular formula is C19H19BrFNO3. The molecule has 0 saturated carbocycles. The summed E-state index contributed by atoms with van der Waals surface area (Å²) in [5, 5.41) is 2.68. The first-order valence-corrected chi connectivity index (χ1v) is 8.69. The molecule has 1 amide bonds. The van der Waals surface area contributed by atoms with E-state index in [0.717, 1.165) is 5.56 Å². The van der Waals surface area contributed by atoms with Crippen molar-refractivity contribution in [1.82, 2.24) is 5.32 Å². The number of esters is 1. The van der Waals surface area contributed by atoms with Crippen LogP contribution in [0, 0.1) is 12.7 Å². The van der Waals surface area contributed by atoms with Gasteiger partial charge in [0.15, 0.2) is 0 Å². The van der Waals surface area contributed by atoms with Crippen LogP contribution in [0.1, 0.15) is 27.9 Å². The van der Waals surface area contributed by atoms with E-state index in [-0.39, 0.29) is 24.6 Å². The predicted molar refractivity (Wildman–Crippen MR) is 96.9 cm³/mol. The smallest absolute Gasteiger partial charge is 0.341 e. The fraction of sp³-hybridized carbons (Fsp3) is 0.263. The molecule has 0 spiro atoms. The van der Waals surface area contributed by atoms with E-state index in [2.05, 4.69) is 21.2 Å². The molecule has 0 aliphatic heterocycles. The van der Waals surface area contributed by atoms with Gasteiger partial charge in [0.1, 0.15) is 12.4 Å². The third-order valence-electron chi connectivity index (χ3n) is 3.57. The van der Waals surface area contributed by atoms with Crippen molar-refractivity contribution in [1.29, 1.82) is 0 Å². The van der Waals surface area contributed by atoms with Crippen molar-refractivity contribution in [2.75, 3.05) is 13.2 Å². The van der Waals surface area contributed by atoms with Gasteiger partial charge in [-0.05, 0) is 37.1 Å². The van der Waals surface area contributed by atoms with Crippen molar-refractivity contribution in [3.63, 3.8) is 0 Å². The highest BCUT2D eigenvalue weighted by Crippen LogP contribution is 2.16. The summed E-state index contributed by atoms with van der Waals surface area (Å²) in [5.74, 6) is -1.52. The second-order valence-corrected chi connectivity index (χ2v) is 6.51. The molecule has 2 aromatic rings. The summed E-state index contributed by atoms with van der Waals surface area (Å²) >= 11 is 3.12. The Balaban J connectivity index is 1.67. The molecule has 0 saturated heterocycles. The van der Waals surface area contributed by atoms with E-state index in [1.165, 1.54) is 17.7 Å². The third-order valence-corrected chi connectivity index (χ3v) is 4.06. The van der Waals surface area contributed by atoms with Crippen LogP contribution in [-0.2, 0) is 16.0 Å². The van der Waals surface area contributed by atoms with Crippen LogP contribution in [0.15, 0.2) is 46.9 Å². The summed E-state index contributed by atoms with van der Waals surface area (Å²) in [4.78, 5) is 23.5. The van der Waals surface area contributed by atoms with Crippen molar-refractivity contribution < 1.29 is 18.7 Å². The molecular weight excluding hydrogens is 389 g/mol. The lowest BCUT2D eigenvalue weighted by atomic mass is 10.1. The van der Waals surface area contributed by atoms with Crippen LogP contribution in [0.3, 0.4) is 0 Å². The molecule has 1 N–H and O–H groups in total. The van der Waals surface area contributed by atoms with Crippen LogP contribution >= 0.6 is 15.9 Å². The first-order chi connectivity index (χ1) is 12.0. The van der Waals surface area contributed by atoms with E-state index in [1.807, 2.05) is 31.2 Å². The third kappa shape index (κ3) is 6.31. The van der Waals surface area contributed by atoms with Gasteiger partial charge in [-0.3, -0.25) is 4.79 Å². The molecule has 6 heteroatoms. The van der Waals surface area contributed by atoms with Crippen molar-refractivity contribution >= 4 is 27.8 Å². The predicted octanol–water partition coefficient (Wildman–Crippen LogP) is 3.80. The Morgan fingerprint density at radius 2 is 1.88 bits per heavy atom. The summed E-state index contributed by atoms with van der Waals surface area (Å²) in [6, 6.07) is 12.1. The van der Waals surface area contributed by atoms with E-state index >= 15 is 0 Å². The van der Waals surface area contributed by atoms with Crippen LogP contribution in [0.2, 0.25) is 0 Å². The Labute approximate surface area is 154 Å². The number of amides is 1. The van der Waals surface area contributed by atoms with E-state index in [1.54, 1.807) is 6.07 Å². The maximum atomic E-state index is 13.6. The lowest BCUT2D eigenvalue weighted by Gasteiger charge is -2.08. The van der Waals surface area contributed by atoms with E-state index in [4.69, 9.17) is 4.74 Å². The number of carbonyl (C=O) groups excluding carboxylic acids is 2. The van der Waals surface area contributed by atoms with Crippen LogP contribution in [0.25, 0.3) is 0 Å². The monoisotopic (exact) mass is 407 g/mol. The SMILES string of the molecule is Cc1ccc(CCC(=O)NCCOC(=O)c2ccc(Br)cc2F)cc1. The molecule has 0 atom stereocenters. The maximum absolute atomic E-state index is 13.6. The Morgan fingerprint density at radius 3 is 2.56 bits per heavy atom. The average molecular weight is 408 g/mol. The molecule has 0 aliphatic carbocycles. The summed E-state index contributed by atoms with van der Waals surface area (Å²) < 4.78 is 19.1. The molecule has 4 nitrogen and oxygen atoms in total. The molecule has 0 heterocycles. The second kappa shape index (κ2) is 9.32. The number of hydrogen-bond donors (Lipinski definition) is 1. The zero-order valence-corrected chi connectivity index (χ0v) is 15.4. The molecule has 0 radical (unpaired) electrons. The minimum absolute atomic E-state index is 0.00932. The maximum Gasteiger partial charge on any atom is 0.341 e. The molecule has 0 aliphatic rings. The highest BCUT2D eigenvalue weighted by atomic mass is 79.9. The van der Waals surface area contributed by atoms with Crippen molar-refractivity contribution in [2.24, 2.45) is 0 Å². The number of ether oxygens (including phenoxy) is 1. The summed E-state index contributed by atoms with van der Waals surface area (Å²) in [6.07, 6.45) is 1.01. The normalized spacial score (nSPS) is 10.4. The van der Waals surface area contributed by atoms with E-state index in [9.17, 15) is 14.0 Å². The average Bonchev–Trinajstić information content (AvgIpc) is 2.58. The molecule has 132 valence electrons. The zero-order chi connectivity index (χ0) is 18.2. The Hall–Kier alpha value is -2.21. The minimum atomic E-state index is -0.751. The topological polar surface area (TPSA) is 55.4 Å². The number of halogens is 2. The minimum Gasteiger partial charge on any atom is -0.460 e. The van der Waals surface area contributed by atoms with Crippen LogP contribution in [-0.4, -0.2) is 25.0 Å². The van der Waals surface area contributed by atoms with E-state index < -0.39 is 11.8 Å². The van der Waals surface area contributed by atoms with Crippen LogP contribution in [0.5, 0.6) is 0 Å². The van der Waals surface area contributed by atoms with E-state index in [0.29, 0.717) is 17.3 Å². The fourth-order valence-corrected chi connectivity index (χ4v) is 2.50. The number of aryl methyl sites for hydroxylation is 2. The second-order valence-electron chi connectivity index (χ2n) is 5.60. The number of rotatable bonds is 7. The first-order valence-electron chi connectivity index (χ1n) is 7.90. The Morgan fingerprint density at radius 1 is 1.16 bits per heavy atom. The zero-order valence-electron chi connectivity index (χ0n) is 13.9. The number of carbonyl (C=O) groups is 2. The quantitative estimate of drug-likeness (QED) is 0.560. The Kier molecular flexibility index (Phi) is 7.13. The van der Waals surface area contributed by atoms with Gasteiger partial charge >= 0.3 is 5.97 Å². The van der Waals surface area contributed by atoms with Gasteiger partial charge in [-0.2, -0.15) is 0 Å². The van der Waals surface area contributed by atoms with Gasteiger partial charge in [-0.1, -0.05) is 45.8 Å². The molecule has 25 heavy (non-hydrogen) atoms. The highest BCUT2D eigenvalue weighted by Gasteiger charge is 2.13. The standard InChI is InChI=1S/C19H19BrFNO3/c1-13-2-4-14(5-3-13)6-9-18(23)22-10-11-25-19(24)16-8-7-15(20)12-17(16)21/h2-5,7-8,12H,6,9-11H2,1H3,(H,22,23). The van der Waals surface area contributed by atoms with Gasteiger partial charge in [-0.15, -0.1) is 0 Å². The molecule has 2 rings (SSSR count). The van der Waals surface area contributed by atoms with Gasteiger partial charge in [0.2, 0.25) is 5.91 Å². The summed E-state index contributed by atoms with van der Waals surface area (Å²) in [6.45, 7) is 2.19. The highest BCUT2D eigenvalue weighted by molar-refractivity contribution is 9.10. The van der Waals surface area contributed by atoms with Crippen molar-refractivity contribution in [2.45, 2.75) is 19.8 Å². The van der Waals surface area contributed by atoms with Crippen molar-refractivity contribution in [3.8, 4) is 0 Å². The van der Waals surface area contributed by atoms with Crippen LogP contribution < -0.4 is 5.32 Å². The van der Waals surface area contributed by atoms with Gasteiger partial charge in [-0.25, -0.2) is 9.18 Å². The molecule has 0 bridgehead atoms. The van der Waals surface area contributed by atoms with Crippen molar-refractivity contribution in [3.05, 3.63) is 69.4 Å². The lowest BCUT2D eigenvalue weighted by Crippen LogP contribution is -2.28. The van der Waals surface area contributed by atoms with Gasteiger partial charge in [0.25, 0.3) is 0 Å². The summed E-state index contributed by atoms with van der Waals surface area (Å²) in [7, 11) is 0. The molecule has 2 aromatic carbocycles. The van der Waals surface area contributed by atoms with Gasteiger partial charge < -0.3 is 10.1 Å². The number of hydrogen-bond acceptors (Lipinski definition) is 3. The summed E-state index contributed by atoms with van der Waals surface area (Å²) in [5.41, 5.74) is 2.14. The van der Waals surface area contributed by atoms with Crippen LogP contribution in [0.4, 0.5) is 4.39 Å². The number of nitrogens with one attached hydrogen (secondary N) is 1. The molecule has 0 fully saturated rings. The fourth-order valence-electron chi connectivity index (χ4n) is 2.17. The molecule has 0 unspecified atom stereocenters. The largest absolute Gasteiger partial charge is 0.460 e. The molecule has 0 aromatic heterocycles. The number of benzene rings is 2. The van der Waals surface area contributed by atoms with Gasteiger partial charge in [0.05, 0.1) is 12.1 Å². The van der Waals surface area contributed by atoms with Gasteiger partial charge in [0, 0.05) is 10.9 Å².